The van der Waals surface area contributed by atoms with E-state index in [1.165, 1.54) is 12.1 Å². The number of amides is 1. The number of hydrogen-bond acceptors (Lipinski definition) is 3. The van der Waals surface area contributed by atoms with Crippen LogP contribution in [-0.2, 0) is 9.84 Å². The van der Waals surface area contributed by atoms with Crippen molar-refractivity contribution in [3.8, 4) is 0 Å². The first-order valence-corrected chi connectivity index (χ1v) is 7.92. The van der Waals surface area contributed by atoms with Crippen LogP contribution in [0.5, 0.6) is 0 Å². The molecule has 1 aromatic carbocycles. The maximum atomic E-state index is 11.9. The second-order valence-electron chi connectivity index (χ2n) is 5.22. The van der Waals surface area contributed by atoms with E-state index < -0.39 is 15.1 Å². The van der Waals surface area contributed by atoms with Gasteiger partial charge in [0.1, 0.15) is 0 Å². The number of carbonyl (C=O) groups is 1. The van der Waals surface area contributed by atoms with Crippen molar-refractivity contribution in [2.45, 2.75) is 37.8 Å². The van der Waals surface area contributed by atoms with E-state index in [1.807, 2.05) is 13.8 Å². The SMILES string of the molecule is CC(C)CNC(=O)c1ccc(S(=O)(=O)C(C)C)cc1. The number of hydrogen-bond donors (Lipinski definition) is 1. The van der Waals surface area contributed by atoms with Gasteiger partial charge in [0.05, 0.1) is 10.1 Å². The lowest BCUT2D eigenvalue weighted by Gasteiger charge is -2.10. The van der Waals surface area contributed by atoms with E-state index >= 15 is 0 Å². The Morgan fingerprint density at radius 1 is 1.11 bits per heavy atom. The lowest BCUT2D eigenvalue weighted by Crippen LogP contribution is -2.27. The van der Waals surface area contributed by atoms with E-state index in [0.717, 1.165) is 0 Å². The third-order valence-corrected chi connectivity index (χ3v) is 4.91. The zero-order chi connectivity index (χ0) is 14.6. The van der Waals surface area contributed by atoms with Gasteiger partial charge in [-0.15, -0.1) is 0 Å². The minimum Gasteiger partial charge on any atom is -0.352 e. The van der Waals surface area contributed by atoms with Crippen LogP contribution in [0.4, 0.5) is 0 Å². The topological polar surface area (TPSA) is 63.2 Å². The van der Waals surface area contributed by atoms with Crippen molar-refractivity contribution in [1.29, 1.82) is 0 Å². The van der Waals surface area contributed by atoms with Crippen molar-refractivity contribution in [1.82, 2.24) is 5.32 Å². The molecule has 0 fully saturated rings. The molecule has 1 amide bonds. The van der Waals surface area contributed by atoms with Crippen molar-refractivity contribution >= 4 is 15.7 Å². The molecule has 0 aromatic heterocycles. The van der Waals surface area contributed by atoms with Crippen LogP contribution in [-0.4, -0.2) is 26.1 Å². The summed E-state index contributed by atoms with van der Waals surface area (Å²) < 4.78 is 23.9. The number of rotatable bonds is 5. The van der Waals surface area contributed by atoms with Crippen LogP contribution in [0, 0.1) is 5.92 Å². The molecule has 0 heterocycles. The molecule has 106 valence electrons. The quantitative estimate of drug-likeness (QED) is 0.901. The van der Waals surface area contributed by atoms with Gasteiger partial charge < -0.3 is 5.32 Å². The van der Waals surface area contributed by atoms with Gasteiger partial charge in [0, 0.05) is 12.1 Å². The maximum absolute atomic E-state index is 11.9. The van der Waals surface area contributed by atoms with Gasteiger partial charge in [0.2, 0.25) is 0 Å². The Hall–Kier alpha value is -1.36. The molecule has 0 spiro atoms. The third-order valence-electron chi connectivity index (χ3n) is 2.74. The van der Waals surface area contributed by atoms with Crippen LogP contribution in [0.15, 0.2) is 29.2 Å². The van der Waals surface area contributed by atoms with Crippen molar-refractivity contribution in [3.63, 3.8) is 0 Å². The van der Waals surface area contributed by atoms with Gasteiger partial charge in [-0.3, -0.25) is 4.79 Å². The first kappa shape index (κ1) is 15.7. The van der Waals surface area contributed by atoms with Crippen molar-refractivity contribution in [2.75, 3.05) is 6.54 Å². The first-order chi connectivity index (χ1) is 8.75. The van der Waals surface area contributed by atoms with E-state index in [1.54, 1.807) is 26.0 Å². The summed E-state index contributed by atoms with van der Waals surface area (Å²) in [5.74, 6) is 0.201. The second-order valence-corrected chi connectivity index (χ2v) is 7.73. The zero-order valence-corrected chi connectivity index (χ0v) is 12.6. The molecule has 19 heavy (non-hydrogen) atoms. The Labute approximate surface area is 115 Å². The van der Waals surface area contributed by atoms with Gasteiger partial charge in [-0.2, -0.15) is 0 Å². The van der Waals surface area contributed by atoms with Crippen molar-refractivity contribution in [2.24, 2.45) is 5.92 Å². The average molecular weight is 283 g/mol. The Morgan fingerprint density at radius 2 is 1.63 bits per heavy atom. The smallest absolute Gasteiger partial charge is 0.251 e. The van der Waals surface area contributed by atoms with Crippen LogP contribution >= 0.6 is 0 Å². The molecule has 0 saturated carbocycles. The van der Waals surface area contributed by atoms with E-state index in [0.29, 0.717) is 18.0 Å². The highest BCUT2D eigenvalue weighted by Gasteiger charge is 2.19. The lowest BCUT2D eigenvalue weighted by atomic mass is 10.2. The van der Waals surface area contributed by atoms with Crippen molar-refractivity contribution < 1.29 is 13.2 Å². The Morgan fingerprint density at radius 3 is 2.05 bits per heavy atom. The molecule has 0 atom stereocenters. The third kappa shape index (κ3) is 4.06. The molecule has 4 nitrogen and oxygen atoms in total. The number of nitrogens with one attached hydrogen (secondary N) is 1. The van der Waals surface area contributed by atoms with E-state index in [4.69, 9.17) is 0 Å². The van der Waals surface area contributed by atoms with Crippen molar-refractivity contribution in [3.05, 3.63) is 29.8 Å². The normalized spacial score (nSPS) is 11.9. The standard InChI is InChI=1S/C14H21NO3S/c1-10(2)9-15-14(16)12-5-7-13(8-6-12)19(17,18)11(3)4/h5-8,10-11H,9H2,1-4H3,(H,15,16). The van der Waals surface area contributed by atoms with Crippen LogP contribution in [0.3, 0.4) is 0 Å². The fraction of sp³-hybridized carbons (Fsp3) is 0.500. The van der Waals surface area contributed by atoms with E-state index in [9.17, 15) is 13.2 Å². The molecule has 5 heteroatoms. The highest BCUT2D eigenvalue weighted by atomic mass is 32.2. The van der Waals surface area contributed by atoms with Gasteiger partial charge in [0.15, 0.2) is 9.84 Å². The fourth-order valence-corrected chi connectivity index (χ4v) is 2.53. The van der Waals surface area contributed by atoms with Gasteiger partial charge in [0.25, 0.3) is 5.91 Å². The lowest BCUT2D eigenvalue weighted by molar-refractivity contribution is 0.0949. The number of sulfone groups is 1. The highest BCUT2D eigenvalue weighted by molar-refractivity contribution is 7.92. The summed E-state index contributed by atoms with van der Waals surface area (Å²) in [7, 11) is -3.28. The Balaban J connectivity index is 2.85. The predicted molar refractivity (Wildman–Crippen MR) is 75.9 cm³/mol. The summed E-state index contributed by atoms with van der Waals surface area (Å²) in [6, 6.07) is 6.06. The molecule has 0 aliphatic heterocycles. The van der Waals surface area contributed by atoms with E-state index in [2.05, 4.69) is 5.32 Å². The van der Waals surface area contributed by atoms with Crippen LogP contribution < -0.4 is 5.32 Å². The van der Waals surface area contributed by atoms with Gasteiger partial charge in [-0.25, -0.2) is 8.42 Å². The molecule has 1 aromatic rings. The van der Waals surface area contributed by atoms with Crippen LogP contribution in [0.2, 0.25) is 0 Å². The van der Waals surface area contributed by atoms with Gasteiger partial charge in [-0.05, 0) is 44.0 Å². The monoisotopic (exact) mass is 283 g/mol. The Bertz CT molecular complexity index is 530. The molecule has 0 bridgehead atoms. The summed E-state index contributed by atoms with van der Waals surface area (Å²) in [5, 5.41) is 2.33. The minimum absolute atomic E-state index is 0.179. The molecular weight excluding hydrogens is 262 g/mol. The average Bonchev–Trinajstić information content (AvgIpc) is 2.35. The number of carbonyl (C=O) groups excluding carboxylic acids is 1. The fourth-order valence-electron chi connectivity index (χ4n) is 1.47. The maximum Gasteiger partial charge on any atom is 0.251 e. The summed E-state index contributed by atoms with van der Waals surface area (Å²) >= 11 is 0. The molecule has 0 radical (unpaired) electrons. The second kappa shape index (κ2) is 6.19. The summed E-state index contributed by atoms with van der Waals surface area (Å²) in [6.07, 6.45) is 0. The molecule has 0 unspecified atom stereocenters. The zero-order valence-electron chi connectivity index (χ0n) is 11.8. The molecule has 0 aliphatic rings. The molecule has 0 aliphatic carbocycles. The van der Waals surface area contributed by atoms with Gasteiger partial charge >= 0.3 is 0 Å². The van der Waals surface area contributed by atoms with Crippen LogP contribution in [0.1, 0.15) is 38.1 Å². The molecule has 0 saturated heterocycles. The van der Waals surface area contributed by atoms with Gasteiger partial charge in [-0.1, -0.05) is 13.8 Å². The largest absolute Gasteiger partial charge is 0.352 e. The molecule has 1 rings (SSSR count). The molecular formula is C14H21NO3S. The Kier molecular flexibility index (Phi) is 5.11. The summed E-state index contributed by atoms with van der Waals surface area (Å²) in [4.78, 5) is 12.0. The summed E-state index contributed by atoms with van der Waals surface area (Å²) in [6.45, 7) is 7.90. The number of benzene rings is 1. The van der Waals surface area contributed by atoms with Crippen LogP contribution in [0.25, 0.3) is 0 Å². The summed E-state index contributed by atoms with van der Waals surface area (Å²) in [5.41, 5.74) is 0.475. The highest BCUT2D eigenvalue weighted by Crippen LogP contribution is 2.16. The minimum atomic E-state index is -3.28. The first-order valence-electron chi connectivity index (χ1n) is 6.37. The molecule has 1 N–H and O–H groups in total. The van der Waals surface area contributed by atoms with E-state index in [-0.39, 0.29) is 10.8 Å². The predicted octanol–water partition coefficient (Wildman–Crippen LogP) is 2.25.